The minimum absolute atomic E-state index is 0.501. The third kappa shape index (κ3) is 2.16. The van der Waals surface area contributed by atoms with Crippen LogP contribution in [0.1, 0.15) is 12.0 Å². The van der Waals surface area contributed by atoms with Crippen molar-refractivity contribution in [1.82, 2.24) is 4.98 Å². The monoisotopic (exact) mass is 245 g/mol. The van der Waals surface area contributed by atoms with Gasteiger partial charge in [-0.2, -0.15) is 0 Å². The molecule has 3 nitrogen and oxygen atoms in total. The highest BCUT2D eigenvalue weighted by molar-refractivity contribution is 8.13. The van der Waals surface area contributed by atoms with E-state index in [0.29, 0.717) is 12.4 Å². The second-order valence-electron chi connectivity index (χ2n) is 2.28. The summed E-state index contributed by atoms with van der Waals surface area (Å²) in [6.07, 6.45) is -2.09. The molecule has 1 aromatic heterocycles. The Kier molecular flexibility index (Phi) is 3.01. The van der Waals surface area contributed by atoms with Crippen LogP contribution in [-0.4, -0.2) is 13.4 Å². The van der Waals surface area contributed by atoms with Crippen LogP contribution in [-0.2, 0) is 9.05 Å². The Hall–Kier alpha value is -0.820. The van der Waals surface area contributed by atoms with Gasteiger partial charge in [-0.25, -0.2) is 21.6 Å². The lowest BCUT2D eigenvalue weighted by atomic mass is 10.3. The zero-order chi connectivity index (χ0) is 10.9. The van der Waals surface area contributed by atoms with Crippen LogP contribution in [0, 0.1) is 5.82 Å². The van der Waals surface area contributed by atoms with E-state index >= 15 is 0 Å². The number of hydrogen-bond donors (Lipinski definition) is 0. The molecule has 0 amide bonds. The zero-order valence-electron chi connectivity index (χ0n) is 6.42. The first kappa shape index (κ1) is 11.3. The van der Waals surface area contributed by atoms with E-state index in [1.54, 1.807) is 0 Å². The smallest absolute Gasteiger partial charge is 0.261 e. The van der Waals surface area contributed by atoms with Crippen molar-refractivity contribution in [1.29, 1.82) is 0 Å². The maximum atomic E-state index is 12.8. The van der Waals surface area contributed by atoms with Gasteiger partial charge in [0.05, 0.1) is 11.8 Å². The van der Waals surface area contributed by atoms with Gasteiger partial charge in [-0.3, -0.25) is 4.98 Å². The Bertz CT molecular complexity index is 448. The lowest BCUT2D eigenvalue weighted by molar-refractivity contribution is 0.146. The van der Waals surface area contributed by atoms with Crippen molar-refractivity contribution in [2.24, 2.45) is 0 Å². The highest BCUT2D eigenvalue weighted by Gasteiger charge is 2.26. The van der Waals surface area contributed by atoms with Gasteiger partial charge in [0.25, 0.3) is 15.5 Å². The molecule has 0 unspecified atom stereocenters. The fourth-order valence-electron chi connectivity index (χ4n) is 0.851. The van der Waals surface area contributed by atoms with Crippen molar-refractivity contribution in [3.63, 3.8) is 0 Å². The molecular formula is C6H3ClF3NO2S. The first-order valence-electron chi connectivity index (χ1n) is 3.20. The number of rotatable bonds is 2. The van der Waals surface area contributed by atoms with Crippen LogP contribution in [0.15, 0.2) is 17.3 Å². The summed E-state index contributed by atoms with van der Waals surface area (Å²) in [7, 11) is 0.252. The second-order valence-corrected chi connectivity index (χ2v) is 4.78. The van der Waals surface area contributed by atoms with Gasteiger partial charge in [0.1, 0.15) is 4.90 Å². The summed E-state index contributed by atoms with van der Waals surface area (Å²) in [6.45, 7) is 0. The molecule has 0 saturated heterocycles. The van der Waals surface area contributed by atoms with E-state index in [-0.39, 0.29) is 0 Å². The van der Waals surface area contributed by atoms with E-state index < -0.39 is 31.8 Å². The molecule has 0 spiro atoms. The zero-order valence-corrected chi connectivity index (χ0v) is 7.99. The molecule has 1 aromatic rings. The van der Waals surface area contributed by atoms with Crippen molar-refractivity contribution in [2.75, 3.05) is 0 Å². The lowest BCUT2D eigenvalue weighted by Crippen LogP contribution is -2.03. The highest BCUT2D eigenvalue weighted by atomic mass is 35.7. The van der Waals surface area contributed by atoms with Crippen LogP contribution in [0.2, 0.25) is 0 Å². The largest absolute Gasteiger partial charge is 0.266 e. The predicted molar refractivity (Wildman–Crippen MR) is 42.2 cm³/mol. The minimum atomic E-state index is -4.53. The average molecular weight is 246 g/mol. The standard InChI is InChI=1S/C6H3ClF3NO2S/c7-14(12,13)5-3(6(9)10)1-11-2-4(5)8/h1-2,6H. The molecule has 0 aliphatic carbocycles. The van der Waals surface area contributed by atoms with Crippen LogP contribution in [0.5, 0.6) is 0 Å². The molecule has 0 aliphatic rings. The fraction of sp³-hybridized carbons (Fsp3) is 0.167. The fourth-order valence-corrected chi connectivity index (χ4v) is 2.05. The summed E-state index contributed by atoms with van der Waals surface area (Å²) >= 11 is 0. The Labute approximate surface area is 81.9 Å². The SMILES string of the molecule is O=S(=O)(Cl)c1c(F)cncc1C(F)F. The van der Waals surface area contributed by atoms with Crippen LogP contribution in [0.4, 0.5) is 13.2 Å². The number of alkyl halides is 2. The van der Waals surface area contributed by atoms with Crippen LogP contribution in [0.25, 0.3) is 0 Å². The van der Waals surface area contributed by atoms with Gasteiger partial charge in [-0.05, 0) is 0 Å². The third-order valence-electron chi connectivity index (χ3n) is 1.36. The first-order chi connectivity index (χ1) is 6.34. The minimum Gasteiger partial charge on any atom is -0.261 e. The van der Waals surface area contributed by atoms with Gasteiger partial charge >= 0.3 is 0 Å². The molecule has 0 aliphatic heterocycles. The van der Waals surface area contributed by atoms with Crippen molar-refractivity contribution < 1.29 is 21.6 Å². The maximum Gasteiger partial charge on any atom is 0.266 e. The average Bonchev–Trinajstić information content (AvgIpc) is 2.01. The molecule has 0 bridgehead atoms. The first-order valence-corrected chi connectivity index (χ1v) is 5.51. The molecule has 0 saturated carbocycles. The maximum absolute atomic E-state index is 12.8. The summed E-state index contributed by atoms with van der Waals surface area (Å²) in [4.78, 5) is 1.88. The van der Waals surface area contributed by atoms with Crippen molar-refractivity contribution in [3.05, 3.63) is 23.8 Å². The summed E-state index contributed by atoms with van der Waals surface area (Å²) in [5, 5.41) is 0. The molecular weight excluding hydrogens is 243 g/mol. The quantitative estimate of drug-likeness (QED) is 0.750. The molecule has 1 heterocycles. The molecule has 8 heteroatoms. The Morgan fingerprint density at radius 1 is 1.36 bits per heavy atom. The van der Waals surface area contributed by atoms with Gasteiger partial charge in [0, 0.05) is 16.9 Å². The van der Waals surface area contributed by atoms with E-state index in [9.17, 15) is 21.6 Å². The van der Waals surface area contributed by atoms with Crippen molar-refractivity contribution >= 4 is 19.7 Å². The highest BCUT2D eigenvalue weighted by Crippen LogP contribution is 2.29. The van der Waals surface area contributed by atoms with Crippen LogP contribution >= 0.6 is 10.7 Å². The number of pyridine rings is 1. The summed E-state index contributed by atoms with van der Waals surface area (Å²) in [5.74, 6) is -1.39. The Morgan fingerprint density at radius 2 is 1.93 bits per heavy atom. The molecule has 14 heavy (non-hydrogen) atoms. The van der Waals surface area contributed by atoms with E-state index in [0.717, 1.165) is 0 Å². The van der Waals surface area contributed by atoms with Gasteiger partial charge in [-0.15, -0.1) is 0 Å². The van der Waals surface area contributed by atoms with Gasteiger partial charge in [0.2, 0.25) is 0 Å². The number of nitrogens with zero attached hydrogens (tertiary/aromatic N) is 1. The van der Waals surface area contributed by atoms with E-state index in [1.165, 1.54) is 0 Å². The number of halogens is 4. The molecule has 0 aromatic carbocycles. The number of aromatic nitrogens is 1. The molecule has 0 fully saturated rings. The molecule has 0 N–H and O–H groups in total. The summed E-state index contributed by atoms with van der Waals surface area (Å²) in [6, 6.07) is 0. The third-order valence-corrected chi connectivity index (χ3v) is 2.74. The predicted octanol–water partition coefficient (Wildman–Crippen LogP) is 2.09. The van der Waals surface area contributed by atoms with E-state index in [4.69, 9.17) is 10.7 Å². The van der Waals surface area contributed by atoms with Crippen LogP contribution < -0.4 is 0 Å². The summed E-state index contributed by atoms with van der Waals surface area (Å²) < 4.78 is 58.7. The van der Waals surface area contributed by atoms with Crippen molar-refractivity contribution in [2.45, 2.75) is 11.3 Å². The van der Waals surface area contributed by atoms with Crippen LogP contribution in [0.3, 0.4) is 0 Å². The van der Waals surface area contributed by atoms with E-state index in [2.05, 4.69) is 4.98 Å². The van der Waals surface area contributed by atoms with E-state index in [1.807, 2.05) is 0 Å². The van der Waals surface area contributed by atoms with Gasteiger partial charge < -0.3 is 0 Å². The molecule has 1 rings (SSSR count). The summed E-state index contributed by atoms with van der Waals surface area (Å²) in [5.41, 5.74) is -1.04. The van der Waals surface area contributed by atoms with Gasteiger partial charge in [0.15, 0.2) is 5.82 Å². The molecule has 0 radical (unpaired) electrons. The van der Waals surface area contributed by atoms with Gasteiger partial charge in [-0.1, -0.05) is 0 Å². The Morgan fingerprint density at radius 3 is 2.29 bits per heavy atom. The van der Waals surface area contributed by atoms with Crippen molar-refractivity contribution in [3.8, 4) is 0 Å². The number of hydrogen-bond acceptors (Lipinski definition) is 3. The molecule has 78 valence electrons. The molecule has 0 atom stereocenters. The normalized spacial score (nSPS) is 12.1. The second kappa shape index (κ2) is 3.74. The topological polar surface area (TPSA) is 47.0 Å². The Balaban J connectivity index is 3.54. The lowest BCUT2D eigenvalue weighted by Gasteiger charge is -2.05.